The molecule has 0 saturated carbocycles. The second-order valence-corrected chi connectivity index (χ2v) is 7.81. The third-order valence-electron chi connectivity index (χ3n) is 4.40. The van der Waals surface area contributed by atoms with Crippen LogP contribution in [-0.4, -0.2) is 39.4 Å². The normalized spacial score (nSPS) is 14.7. The number of hydrogen-bond donors (Lipinski definition) is 1. The van der Waals surface area contributed by atoms with Crippen LogP contribution in [0.3, 0.4) is 0 Å². The smallest absolute Gasteiger partial charge is 0.265 e. The molecule has 26 heavy (non-hydrogen) atoms. The molecule has 2 aromatic carbocycles. The van der Waals surface area contributed by atoms with Crippen molar-refractivity contribution in [1.82, 2.24) is 4.90 Å². The van der Waals surface area contributed by atoms with Crippen LogP contribution in [0.15, 0.2) is 53.4 Å². The maximum Gasteiger partial charge on any atom is 0.265 e. The number of carbonyl (C=O) groups is 1. The first-order chi connectivity index (χ1) is 12.5. The molecule has 1 aliphatic rings. The molecule has 1 amide bonds. The van der Waals surface area contributed by atoms with Crippen molar-refractivity contribution in [2.75, 3.05) is 24.9 Å². The van der Waals surface area contributed by atoms with Gasteiger partial charge in [-0.05, 0) is 43.5 Å². The van der Waals surface area contributed by atoms with Crippen LogP contribution >= 0.6 is 0 Å². The van der Waals surface area contributed by atoms with E-state index in [0.29, 0.717) is 18.7 Å². The molecule has 0 unspecified atom stereocenters. The van der Waals surface area contributed by atoms with Gasteiger partial charge in [-0.1, -0.05) is 24.3 Å². The first-order valence-electron chi connectivity index (χ1n) is 8.57. The Morgan fingerprint density at radius 3 is 2.38 bits per heavy atom. The summed E-state index contributed by atoms with van der Waals surface area (Å²) in [6, 6.07) is 13.1. The minimum atomic E-state index is -3.89. The second kappa shape index (κ2) is 7.78. The van der Waals surface area contributed by atoms with Crippen molar-refractivity contribution in [2.24, 2.45) is 0 Å². The molecule has 0 bridgehead atoms. The van der Waals surface area contributed by atoms with Crippen molar-refractivity contribution in [3.8, 4) is 5.75 Å². The molecule has 0 aliphatic carbocycles. The summed E-state index contributed by atoms with van der Waals surface area (Å²) in [5.41, 5.74) is 0.627. The highest BCUT2D eigenvalue weighted by atomic mass is 32.2. The summed E-state index contributed by atoms with van der Waals surface area (Å²) < 4.78 is 33.3. The summed E-state index contributed by atoms with van der Waals surface area (Å²) in [4.78, 5) is 14.6. The number of sulfonamides is 1. The Kier molecular flexibility index (Phi) is 5.46. The summed E-state index contributed by atoms with van der Waals surface area (Å²) in [6.07, 6.45) is 3.06. The first-order valence-corrected chi connectivity index (χ1v) is 10.1. The predicted molar refractivity (Wildman–Crippen MR) is 100.0 cm³/mol. The third kappa shape index (κ3) is 3.83. The molecule has 7 heteroatoms. The van der Waals surface area contributed by atoms with E-state index in [1.54, 1.807) is 47.4 Å². The number of para-hydroxylation sites is 2. The van der Waals surface area contributed by atoms with Gasteiger partial charge in [0.15, 0.2) is 0 Å². The van der Waals surface area contributed by atoms with E-state index in [0.717, 1.165) is 19.3 Å². The van der Waals surface area contributed by atoms with Gasteiger partial charge >= 0.3 is 0 Å². The van der Waals surface area contributed by atoms with Crippen molar-refractivity contribution in [3.05, 3.63) is 54.1 Å². The van der Waals surface area contributed by atoms with Crippen molar-refractivity contribution in [2.45, 2.75) is 24.2 Å². The van der Waals surface area contributed by atoms with Gasteiger partial charge in [0.25, 0.3) is 15.9 Å². The van der Waals surface area contributed by atoms with Gasteiger partial charge < -0.3 is 9.64 Å². The lowest BCUT2D eigenvalue weighted by molar-refractivity contribution is 0.0725. The van der Waals surface area contributed by atoms with Gasteiger partial charge in [0.05, 0.1) is 18.4 Å². The van der Waals surface area contributed by atoms with E-state index < -0.39 is 10.0 Å². The second-order valence-electron chi connectivity index (χ2n) is 6.15. The molecular formula is C19H22N2O4S. The molecule has 2 aromatic rings. The molecule has 3 rings (SSSR count). The lowest BCUT2D eigenvalue weighted by atomic mass is 10.1. The average Bonchev–Trinajstić information content (AvgIpc) is 2.68. The predicted octanol–water partition coefficient (Wildman–Crippen LogP) is 3.12. The number of amides is 1. The number of piperidine rings is 1. The molecule has 1 aliphatic heterocycles. The zero-order valence-electron chi connectivity index (χ0n) is 14.6. The zero-order valence-corrected chi connectivity index (χ0v) is 15.5. The monoisotopic (exact) mass is 374 g/mol. The summed E-state index contributed by atoms with van der Waals surface area (Å²) in [5, 5.41) is 0. The van der Waals surface area contributed by atoms with Crippen molar-refractivity contribution in [1.29, 1.82) is 0 Å². The van der Waals surface area contributed by atoms with Crippen LogP contribution in [0, 0.1) is 0 Å². The summed E-state index contributed by atoms with van der Waals surface area (Å²) in [6.45, 7) is 1.40. The molecule has 1 N–H and O–H groups in total. The minimum Gasteiger partial charge on any atom is -0.495 e. The van der Waals surface area contributed by atoms with Crippen LogP contribution in [0.1, 0.15) is 29.6 Å². The number of anilines is 1. The highest BCUT2D eigenvalue weighted by molar-refractivity contribution is 7.92. The number of hydrogen-bond acceptors (Lipinski definition) is 4. The lowest BCUT2D eigenvalue weighted by Crippen LogP contribution is -2.36. The van der Waals surface area contributed by atoms with Crippen LogP contribution in [-0.2, 0) is 10.0 Å². The Morgan fingerprint density at radius 2 is 1.65 bits per heavy atom. The first kappa shape index (κ1) is 18.3. The van der Waals surface area contributed by atoms with Crippen molar-refractivity contribution in [3.63, 3.8) is 0 Å². The largest absolute Gasteiger partial charge is 0.495 e. The molecular weight excluding hydrogens is 352 g/mol. The van der Waals surface area contributed by atoms with Crippen LogP contribution in [0.4, 0.5) is 5.69 Å². The van der Waals surface area contributed by atoms with E-state index in [1.807, 2.05) is 0 Å². The van der Waals surface area contributed by atoms with E-state index in [9.17, 15) is 13.2 Å². The Morgan fingerprint density at radius 1 is 1.00 bits per heavy atom. The highest BCUT2D eigenvalue weighted by Crippen LogP contribution is 2.27. The Labute approximate surface area is 153 Å². The fourth-order valence-electron chi connectivity index (χ4n) is 3.07. The molecule has 0 radical (unpaired) electrons. The zero-order chi connectivity index (χ0) is 18.6. The van der Waals surface area contributed by atoms with E-state index in [1.165, 1.54) is 13.2 Å². The molecule has 0 atom stereocenters. The highest BCUT2D eigenvalue weighted by Gasteiger charge is 2.24. The molecule has 1 fully saturated rings. The summed E-state index contributed by atoms with van der Waals surface area (Å²) in [7, 11) is -2.47. The number of nitrogens with zero attached hydrogens (tertiary/aromatic N) is 1. The van der Waals surface area contributed by atoms with Crippen LogP contribution in [0.5, 0.6) is 5.75 Å². The quantitative estimate of drug-likeness (QED) is 0.872. The topological polar surface area (TPSA) is 75.7 Å². The number of nitrogens with one attached hydrogen (secondary N) is 1. The number of likely N-dealkylation sites (tertiary alicyclic amines) is 1. The maximum absolute atomic E-state index is 12.8. The molecule has 0 aromatic heterocycles. The Bertz CT molecular complexity index is 890. The van der Waals surface area contributed by atoms with Gasteiger partial charge in [-0.2, -0.15) is 0 Å². The van der Waals surface area contributed by atoms with Gasteiger partial charge in [-0.3, -0.25) is 9.52 Å². The lowest BCUT2D eigenvalue weighted by Gasteiger charge is -2.27. The van der Waals surface area contributed by atoms with Gasteiger partial charge in [-0.25, -0.2) is 8.42 Å². The number of ether oxygens (including phenoxy) is 1. The third-order valence-corrected chi connectivity index (χ3v) is 5.81. The van der Waals surface area contributed by atoms with Crippen LogP contribution in [0.2, 0.25) is 0 Å². The van der Waals surface area contributed by atoms with E-state index in [2.05, 4.69) is 4.72 Å². The Hall–Kier alpha value is -2.54. The number of rotatable bonds is 5. The molecule has 0 spiro atoms. The fourth-order valence-corrected chi connectivity index (χ4v) is 4.32. The summed E-state index contributed by atoms with van der Waals surface area (Å²) >= 11 is 0. The molecule has 1 heterocycles. The van der Waals surface area contributed by atoms with Crippen LogP contribution in [0.25, 0.3) is 0 Å². The van der Waals surface area contributed by atoms with Crippen molar-refractivity contribution < 1.29 is 17.9 Å². The van der Waals surface area contributed by atoms with Gasteiger partial charge in [0.2, 0.25) is 0 Å². The molecule has 6 nitrogen and oxygen atoms in total. The van der Waals surface area contributed by atoms with Gasteiger partial charge in [0, 0.05) is 13.1 Å². The van der Waals surface area contributed by atoms with Gasteiger partial charge in [0.1, 0.15) is 10.6 Å². The maximum atomic E-state index is 12.8. The molecule has 138 valence electrons. The van der Waals surface area contributed by atoms with E-state index >= 15 is 0 Å². The van der Waals surface area contributed by atoms with Gasteiger partial charge in [-0.15, -0.1) is 0 Å². The minimum absolute atomic E-state index is 0.0303. The molecule has 1 saturated heterocycles. The summed E-state index contributed by atoms with van der Waals surface area (Å²) in [5.74, 6) is 0.0999. The van der Waals surface area contributed by atoms with E-state index in [-0.39, 0.29) is 22.2 Å². The number of methoxy groups -OCH3 is 1. The number of carbonyl (C=O) groups excluding carboxylic acids is 1. The average molecular weight is 374 g/mol. The van der Waals surface area contributed by atoms with Crippen molar-refractivity contribution >= 4 is 21.6 Å². The SMILES string of the molecule is COc1ccccc1S(=O)(=O)Nc1ccccc1C(=O)N1CCCCC1. The standard InChI is InChI=1S/C19H22N2O4S/c1-25-17-11-5-6-12-18(17)26(23,24)20-16-10-4-3-9-15(16)19(22)21-13-7-2-8-14-21/h3-6,9-12,20H,2,7-8,13-14H2,1H3. The number of benzene rings is 2. The fraction of sp³-hybridized carbons (Fsp3) is 0.316. The van der Waals surface area contributed by atoms with E-state index in [4.69, 9.17) is 4.74 Å². The van der Waals surface area contributed by atoms with Crippen LogP contribution < -0.4 is 9.46 Å². The Balaban J connectivity index is 1.92.